The van der Waals surface area contributed by atoms with Crippen LogP contribution in [0, 0.1) is 5.92 Å². The summed E-state index contributed by atoms with van der Waals surface area (Å²) in [4.78, 5) is 7.20. The van der Waals surface area contributed by atoms with Gasteiger partial charge in [-0.25, -0.2) is 4.98 Å². The van der Waals surface area contributed by atoms with Crippen LogP contribution in [-0.4, -0.2) is 22.5 Å². The fraction of sp³-hybridized carbons (Fsp3) is 0.588. The Labute approximate surface area is 125 Å². The SMILES string of the molecule is Nc1ccc2oc(CN3CCCC3C3CCCC3)nc2c1. The minimum Gasteiger partial charge on any atom is -0.439 e. The first-order chi connectivity index (χ1) is 10.3. The highest BCUT2D eigenvalue weighted by Gasteiger charge is 2.33. The molecule has 2 N–H and O–H groups in total. The number of oxazole rings is 1. The first-order valence-electron chi connectivity index (χ1n) is 8.18. The molecule has 0 radical (unpaired) electrons. The van der Waals surface area contributed by atoms with E-state index in [0.717, 1.165) is 41.2 Å². The van der Waals surface area contributed by atoms with Gasteiger partial charge in [-0.15, -0.1) is 0 Å². The van der Waals surface area contributed by atoms with Gasteiger partial charge in [-0.2, -0.15) is 0 Å². The summed E-state index contributed by atoms with van der Waals surface area (Å²) in [6.07, 6.45) is 8.30. The van der Waals surface area contributed by atoms with Crippen LogP contribution in [-0.2, 0) is 6.54 Å². The van der Waals surface area contributed by atoms with Crippen molar-refractivity contribution in [2.24, 2.45) is 5.92 Å². The molecule has 21 heavy (non-hydrogen) atoms. The van der Waals surface area contributed by atoms with Gasteiger partial charge in [-0.1, -0.05) is 12.8 Å². The maximum absolute atomic E-state index is 5.89. The lowest BCUT2D eigenvalue weighted by Crippen LogP contribution is -2.34. The van der Waals surface area contributed by atoms with Crippen LogP contribution >= 0.6 is 0 Å². The Kier molecular flexibility index (Phi) is 3.34. The highest BCUT2D eigenvalue weighted by atomic mass is 16.3. The molecule has 1 saturated heterocycles. The van der Waals surface area contributed by atoms with Crippen LogP contribution < -0.4 is 5.73 Å². The molecule has 1 unspecified atom stereocenters. The third-order valence-corrected chi connectivity index (χ3v) is 5.15. The molecular formula is C17H23N3O. The smallest absolute Gasteiger partial charge is 0.209 e. The number of fused-ring (bicyclic) bond motifs is 1. The molecule has 0 bridgehead atoms. The third kappa shape index (κ3) is 2.53. The molecule has 4 rings (SSSR count). The lowest BCUT2D eigenvalue weighted by molar-refractivity contribution is 0.169. The number of rotatable bonds is 3. The minimum atomic E-state index is 0.743. The zero-order valence-electron chi connectivity index (χ0n) is 12.4. The van der Waals surface area contributed by atoms with Gasteiger partial charge in [-0.05, 0) is 56.3 Å². The first kappa shape index (κ1) is 13.1. The molecule has 2 fully saturated rings. The van der Waals surface area contributed by atoms with Crippen molar-refractivity contribution in [1.82, 2.24) is 9.88 Å². The highest BCUT2D eigenvalue weighted by Crippen LogP contribution is 2.36. The van der Waals surface area contributed by atoms with E-state index in [1.54, 1.807) is 0 Å². The summed E-state index contributed by atoms with van der Waals surface area (Å²) in [6.45, 7) is 2.03. The molecule has 2 heterocycles. The number of hydrogen-bond donors (Lipinski definition) is 1. The van der Waals surface area contributed by atoms with Gasteiger partial charge in [0.05, 0.1) is 6.54 Å². The number of likely N-dealkylation sites (tertiary alicyclic amines) is 1. The van der Waals surface area contributed by atoms with E-state index < -0.39 is 0 Å². The van der Waals surface area contributed by atoms with Crippen LogP contribution in [0.3, 0.4) is 0 Å². The molecule has 1 atom stereocenters. The summed E-state index contributed by atoms with van der Waals surface area (Å²) in [6, 6.07) is 6.42. The zero-order chi connectivity index (χ0) is 14.2. The molecule has 4 heteroatoms. The number of aromatic nitrogens is 1. The van der Waals surface area contributed by atoms with Crippen molar-refractivity contribution < 1.29 is 4.42 Å². The second kappa shape index (κ2) is 5.34. The Hall–Kier alpha value is -1.55. The van der Waals surface area contributed by atoms with Crippen molar-refractivity contribution in [2.45, 2.75) is 51.1 Å². The predicted molar refractivity (Wildman–Crippen MR) is 83.8 cm³/mol. The van der Waals surface area contributed by atoms with Crippen LogP contribution in [0.25, 0.3) is 11.1 Å². The van der Waals surface area contributed by atoms with Crippen LogP contribution in [0.1, 0.15) is 44.4 Å². The van der Waals surface area contributed by atoms with Crippen LogP contribution in [0.4, 0.5) is 5.69 Å². The van der Waals surface area contributed by atoms with E-state index >= 15 is 0 Å². The summed E-state index contributed by atoms with van der Waals surface area (Å²) in [5.41, 5.74) is 8.27. The fourth-order valence-corrected chi connectivity index (χ4v) is 4.16. The van der Waals surface area contributed by atoms with Crippen molar-refractivity contribution in [1.29, 1.82) is 0 Å². The molecule has 1 saturated carbocycles. The Morgan fingerprint density at radius 1 is 1.19 bits per heavy atom. The summed E-state index contributed by atoms with van der Waals surface area (Å²) in [7, 11) is 0. The second-order valence-corrected chi connectivity index (χ2v) is 6.56. The predicted octanol–water partition coefficient (Wildman–Crippen LogP) is 3.56. The van der Waals surface area contributed by atoms with Crippen molar-refractivity contribution in [3.05, 3.63) is 24.1 Å². The van der Waals surface area contributed by atoms with Gasteiger partial charge in [0.2, 0.25) is 5.89 Å². The quantitative estimate of drug-likeness (QED) is 0.876. The van der Waals surface area contributed by atoms with Crippen LogP contribution in [0.5, 0.6) is 0 Å². The van der Waals surface area contributed by atoms with E-state index in [2.05, 4.69) is 9.88 Å². The largest absolute Gasteiger partial charge is 0.439 e. The van der Waals surface area contributed by atoms with Gasteiger partial charge < -0.3 is 10.2 Å². The molecule has 112 valence electrons. The first-order valence-corrected chi connectivity index (χ1v) is 8.18. The Bertz CT molecular complexity index is 630. The maximum Gasteiger partial charge on any atom is 0.209 e. The van der Waals surface area contributed by atoms with E-state index in [1.807, 2.05) is 18.2 Å². The fourth-order valence-electron chi connectivity index (χ4n) is 4.16. The second-order valence-electron chi connectivity index (χ2n) is 6.56. The molecule has 2 aromatic rings. The van der Waals surface area contributed by atoms with E-state index in [4.69, 9.17) is 10.2 Å². The number of nitrogen functional groups attached to an aromatic ring is 1. The topological polar surface area (TPSA) is 55.3 Å². The Morgan fingerprint density at radius 2 is 2.05 bits per heavy atom. The average molecular weight is 285 g/mol. The number of anilines is 1. The minimum absolute atomic E-state index is 0.743. The molecule has 1 aliphatic heterocycles. The van der Waals surface area contributed by atoms with Gasteiger partial charge in [-0.3, -0.25) is 4.90 Å². The molecule has 1 aliphatic carbocycles. The molecule has 0 amide bonds. The number of benzene rings is 1. The van der Waals surface area contributed by atoms with E-state index in [9.17, 15) is 0 Å². The van der Waals surface area contributed by atoms with Crippen LogP contribution in [0.2, 0.25) is 0 Å². The van der Waals surface area contributed by atoms with E-state index in [-0.39, 0.29) is 0 Å². The molecule has 1 aromatic heterocycles. The Balaban J connectivity index is 1.53. The molecule has 0 spiro atoms. The lowest BCUT2D eigenvalue weighted by Gasteiger charge is -2.28. The monoisotopic (exact) mass is 285 g/mol. The van der Waals surface area contributed by atoms with Crippen molar-refractivity contribution in [3.63, 3.8) is 0 Å². The van der Waals surface area contributed by atoms with E-state index in [1.165, 1.54) is 45.1 Å². The van der Waals surface area contributed by atoms with Crippen molar-refractivity contribution in [2.75, 3.05) is 12.3 Å². The molecule has 4 nitrogen and oxygen atoms in total. The van der Waals surface area contributed by atoms with Gasteiger partial charge in [0, 0.05) is 11.7 Å². The number of hydrogen-bond acceptors (Lipinski definition) is 4. The van der Waals surface area contributed by atoms with Crippen molar-refractivity contribution >= 4 is 16.8 Å². The van der Waals surface area contributed by atoms with Gasteiger partial charge in [0.25, 0.3) is 0 Å². The normalized spacial score (nSPS) is 24.3. The van der Waals surface area contributed by atoms with Gasteiger partial charge >= 0.3 is 0 Å². The molecule has 1 aromatic carbocycles. The maximum atomic E-state index is 5.89. The van der Waals surface area contributed by atoms with Gasteiger partial charge in [0.1, 0.15) is 5.52 Å². The standard InChI is InChI=1S/C17H23N3O/c18-13-7-8-16-14(10-13)19-17(21-16)11-20-9-3-6-15(20)12-4-1-2-5-12/h7-8,10,12,15H,1-6,9,11,18H2. The van der Waals surface area contributed by atoms with E-state index in [0.29, 0.717) is 0 Å². The summed E-state index contributed by atoms with van der Waals surface area (Å²) in [5, 5.41) is 0. The molecular weight excluding hydrogens is 262 g/mol. The molecule has 2 aliphatic rings. The highest BCUT2D eigenvalue weighted by molar-refractivity contribution is 5.76. The number of nitrogens with zero attached hydrogens (tertiary/aromatic N) is 2. The third-order valence-electron chi connectivity index (χ3n) is 5.15. The summed E-state index contributed by atoms with van der Waals surface area (Å²) < 4.78 is 5.89. The van der Waals surface area contributed by atoms with Crippen LogP contribution in [0.15, 0.2) is 22.6 Å². The summed E-state index contributed by atoms with van der Waals surface area (Å²) >= 11 is 0. The zero-order valence-corrected chi connectivity index (χ0v) is 12.4. The number of nitrogens with two attached hydrogens (primary N) is 1. The summed E-state index contributed by atoms with van der Waals surface area (Å²) in [5.74, 6) is 1.73. The van der Waals surface area contributed by atoms with Gasteiger partial charge in [0.15, 0.2) is 5.58 Å². The lowest BCUT2D eigenvalue weighted by atomic mass is 9.96. The average Bonchev–Trinajstić information content (AvgIpc) is 3.16. The Morgan fingerprint density at radius 3 is 2.90 bits per heavy atom. The van der Waals surface area contributed by atoms with Crippen molar-refractivity contribution in [3.8, 4) is 0 Å².